The second kappa shape index (κ2) is 8.76. The van der Waals surface area contributed by atoms with Gasteiger partial charge in [0.15, 0.2) is 5.65 Å². The third-order valence-electron chi connectivity index (χ3n) is 8.02. The molecular formula is C30H27FN6O2. The minimum Gasteiger partial charge on any atom is -0.350 e. The van der Waals surface area contributed by atoms with Crippen molar-refractivity contribution in [3.8, 4) is 11.1 Å². The number of carbonyl (C=O) groups excluding carboxylic acids is 2. The number of aromatic nitrogens is 4. The molecule has 8 nitrogen and oxygen atoms in total. The van der Waals surface area contributed by atoms with Gasteiger partial charge in [-0.05, 0) is 84.3 Å². The summed E-state index contributed by atoms with van der Waals surface area (Å²) in [5.41, 5.74) is 6.02. The van der Waals surface area contributed by atoms with Gasteiger partial charge in [-0.3, -0.25) is 14.9 Å². The molecule has 2 aliphatic rings. The second-order valence-corrected chi connectivity index (χ2v) is 10.6. The van der Waals surface area contributed by atoms with E-state index in [4.69, 9.17) is 0 Å². The first kappa shape index (κ1) is 23.6. The number of pyridine rings is 1. The summed E-state index contributed by atoms with van der Waals surface area (Å²) in [5, 5.41) is 8.01. The van der Waals surface area contributed by atoms with Gasteiger partial charge in [0.05, 0.1) is 11.6 Å². The van der Waals surface area contributed by atoms with Crippen molar-refractivity contribution >= 4 is 34.3 Å². The Labute approximate surface area is 224 Å². The number of anilines is 1. The van der Waals surface area contributed by atoms with Gasteiger partial charge in [0.1, 0.15) is 5.82 Å². The zero-order valence-corrected chi connectivity index (χ0v) is 21.7. The van der Waals surface area contributed by atoms with Crippen LogP contribution in [0, 0.1) is 11.7 Å². The van der Waals surface area contributed by atoms with Crippen molar-refractivity contribution in [3.05, 3.63) is 83.4 Å². The SMILES string of the molecule is CN(C(=O)c1cn(C)c2ccc(-c3ccn4nc(NC(=O)C5CC5)nc4c3)cc12)C1CCc2ccc(F)cc21. The predicted octanol–water partition coefficient (Wildman–Crippen LogP) is 5.14. The van der Waals surface area contributed by atoms with Gasteiger partial charge >= 0.3 is 0 Å². The first-order chi connectivity index (χ1) is 18.9. The van der Waals surface area contributed by atoms with Crippen LogP contribution in [0.3, 0.4) is 0 Å². The Morgan fingerprint density at radius 1 is 1.05 bits per heavy atom. The number of fused-ring (bicyclic) bond motifs is 3. The quantitative estimate of drug-likeness (QED) is 0.347. The molecule has 7 rings (SSSR count). The van der Waals surface area contributed by atoms with Crippen LogP contribution in [0.15, 0.2) is 60.9 Å². The molecule has 1 unspecified atom stereocenters. The standard InChI is InChI=1S/C30H27FN6O2/c1-35-16-24(29(39)36(2)26-10-6-17-5-8-21(31)15-22(17)26)23-13-19(7-9-25(23)35)20-11-12-37-27(14-20)32-30(34-37)33-28(38)18-3-4-18/h5,7-9,11-16,18,26H,3-4,6,10H2,1-2H3,(H,33,34,38). The van der Waals surface area contributed by atoms with Crippen molar-refractivity contribution < 1.29 is 14.0 Å². The van der Waals surface area contributed by atoms with Crippen molar-refractivity contribution in [2.45, 2.75) is 31.7 Å². The summed E-state index contributed by atoms with van der Waals surface area (Å²) in [7, 11) is 3.73. The van der Waals surface area contributed by atoms with E-state index in [0.29, 0.717) is 17.2 Å². The molecule has 1 atom stereocenters. The van der Waals surface area contributed by atoms with Gasteiger partial charge in [0, 0.05) is 43.3 Å². The van der Waals surface area contributed by atoms with Crippen molar-refractivity contribution in [1.82, 2.24) is 24.1 Å². The molecule has 5 aromatic rings. The highest BCUT2D eigenvalue weighted by atomic mass is 19.1. The van der Waals surface area contributed by atoms with Crippen LogP contribution in [0.4, 0.5) is 10.3 Å². The maximum Gasteiger partial charge on any atom is 0.256 e. The summed E-state index contributed by atoms with van der Waals surface area (Å²) >= 11 is 0. The van der Waals surface area contributed by atoms with E-state index in [2.05, 4.69) is 15.4 Å². The van der Waals surface area contributed by atoms with Gasteiger partial charge < -0.3 is 9.47 Å². The Kier molecular flexibility index (Phi) is 5.30. The predicted molar refractivity (Wildman–Crippen MR) is 146 cm³/mol. The lowest BCUT2D eigenvalue weighted by atomic mass is 10.0. The van der Waals surface area contributed by atoms with E-state index in [-0.39, 0.29) is 29.6 Å². The first-order valence-electron chi connectivity index (χ1n) is 13.2. The van der Waals surface area contributed by atoms with Crippen LogP contribution in [0.5, 0.6) is 0 Å². The zero-order valence-electron chi connectivity index (χ0n) is 21.7. The fraction of sp³-hybridized carbons (Fsp3) is 0.267. The van der Waals surface area contributed by atoms with E-state index in [0.717, 1.165) is 58.8 Å². The van der Waals surface area contributed by atoms with Gasteiger partial charge in [-0.1, -0.05) is 12.1 Å². The van der Waals surface area contributed by atoms with Crippen LogP contribution in [-0.2, 0) is 18.3 Å². The number of carbonyl (C=O) groups is 2. The van der Waals surface area contributed by atoms with E-state index in [1.165, 1.54) is 6.07 Å². The summed E-state index contributed by atoms with van der Waals surface area (Å²) < 4.78 is 17.6. The van der Waals surface area contributed by atoms with Gasteiger partial charge in [0.25, 0.3) is 5.91 Å². The van der Waals surface area contributed by atoms with E-state index in [1.807, 2.05) is 60.4 Å². The summed E-state index contributed by atoms with van der Waals surface area (Å²) in [4.78, 5) is 32.1. The Hall–Kier alpha value is -4.53. The van der Waals surface area contributed by atoms with Gasteiger partial charge in [0.2, 0.25) is 11.9 Å². The smallest absolute Gasteiger partial charge is 0.256 e. The third-order valence-corrected chi connectivity index (χ3v) is 8.02. The Morgan fingerprint density at radius 2 is 1.87 bits per heavy atom. The summed E-state index contributed by atoms with van der Waals surface area (Å²) in [6, 6.07) is 14.6. The van der Waals surface area contributed by atoms with E-state index >= 15 is 0 Å². The lowest BCUT2D eigenvalue weighted by Crippen LogP contribution is -2.30. The zero-order chi connectivity index (χ0) is 26.8. The highest BCUT2D eigenvalue weighted by molar-refractivity contribution is 6.08. The van der Waals surface area contributed by atoms with E-state index < -0.39 is 0 Å². The highest BCUT2D eigenvalue weighted by Crippen LogP contribution is 2.37. The monoisotopic (exact) mass is 522 g/mol. The van der Waals surface area contributed by atoms with Crippen LogP contribution in [0.1, 0.15) is 46.8 Å². The molecule has 2 aliphatic carbocycles. The summed E-state index contributed by atoms with van der Waals surface area (Å²) in [5.74, 6) is -0.0339. The Bertz CT molecular complexity index is 1800. The number of benzene rings is 2. The lowest BCUT2D eigenvalue weighted by Gasteiger charge is -2.25. The van der Waals surface area contributed by atoms with Crippen LogP contribution in [-0.4, -0.2) is 42.9 Å². The largest absolute Gasteiger partial charge is 0.350 e. The maximum atomic E-state index is 14.0. The fourth-order valence-electron chi connectivity index (χ4n) is 5.70. The molecule has 0 bridgehead atoms. The van der Waals surface area contributed by atoms with Crippen LogP contribution in [0.25, 0.3) is 27.7 Å². The molecule has 9 heteroatoms. The van der Waals surface area contributed by atoms with Gasteiger partial charge in [-0.15, -0.1) is 5.10 Å². The van der Waals surface area contributed by atoms with Crippen molar-refractivity contribution in [1.29, 1.82) is 0 Å². The molecule has 1 fully saturated rings. The minimum absolute atomic E-state index is 0.0333. The normalized spacial score (nSPS) is 16.5. The van der Waals surface area contributed by atoms with Gasteiger partial charge in [-0.2, -0.15) is 4.98 Å². The lowest BCUT2D eigenvalue weighted by molar-refractivity contribution is -0.117. The fourth-order valence-corrected chi connectivity index (χ4v) is 5.70. The summed E-state index contributed by atoms with van der Waals surface area (Å²) in [6.45, 7) is 0. The molecule has 2 aromatic carbocycles. The van der Waals surface area contributed by atoms with Crippen LogP contribution < -0.4 is 5.32 Å². The van der Waals surface area contributed by atoms with Crippen LogP contribution >= 0.6 is 0 Å². The molecule has 0 spiro atoms. The minimum atomic E-state index is -0.279. The average molecular weight is 523 g/mol. The molecule has 2 amide bonds. The Balaban J connectivity index is 1.21. The molecule has 39 heavy (non-hydrogen) atoms. The van der Waals surface area contributed by atoms with Crippen molar-refractivity contribution in [2.24, 2.45) is 13.0 Å². The molecule has 1 N–H and O–H groups in total. The molecule has 1 saturated carbocycles. The highest BCUT2D eigenvalue weighted by Gasteiger charge is 2.31. The third kappa shape index (κ3) is 4.05. The molecule has 0 saturated heterocycles. The number of amides is 2. The van der Waals surface area contributed by atoms with E-state index in [1.54, 1.807) is 22.5 Å². The van der Waals surface area contributed by atoms with E-state index in [9.17, 15) is 14.0 Å². The molecular weight excluding hydrogens is 495 g/mol. The van der Waals surface area contributed by atoms with Crippen molar-refractivity contribution in [3.63, 3.8) is 0 Å². The number of nitrogens with one attached hydrogen (secondary N) is 1. The number of aryl methyl sites for hydroxylation is 2. The van der Waals surface area contributed by atoms with Gasteiger partial charge in [-0.25, -0.2) is 8.91 Å². The number of hydrogen-bond acceptors (Lipinski definition) is 4. The van der Waals surface area contributed by atoms with Crippen molar-refractivity contribution in [2.75, 3.05) is 12.4 Å². The number of halogens is 1. The number of nitrogens with zero attached hydrogens (tertiary/aromatic N) is 5. The number of hydrogen-bond donors (Lipinski definition) is 1. The second-order valence-electron chi connectivity index (χ2n) is 10.6. The molecule has 196 valence electrons. The Morgan fingerprint density at radius 3 is 2.69 bits per heavy atom. The maximum absolute atomic E-state index is 14.0. The number of rotatable bonds is 5. The molecule has 3 heterocycles. The topological polar surface area (TPSA) is 84.5 Å². The average Bonchev–Trinajstić information content (AvgIpc) is 3.47. The molecule has 3 aromatic heterocycles. The molecule has 0 radical (unpaired) electrons. The molecule has 0 aliphatic heterocycles. The summed E-state index contributed by atoms with van der Waals surface area (Å²) in [6.07, 6.45) is 7.12. The first-order valence-corrected chi connectivity index (χ1v) is 13.2. The van der Waals surface area contributed by atoms with Crippen LogP contribution in [0.2, 0.25) is 0 Å².